The zero-order valence-corrected chi connectivity index (χ0v) is 11.7. The van der Waals surface area contributed by atoms with Gasteiger partial charge in [-0.25, -0.2) is 4.39 Å². The lowest BCUT2D eigenvalue weighted by atomic mass is 10.2. The largest absolute Gasteiger partial charge is 0.383 e. The molecule has 18 heavy (non-hydrogen) atoms. The number of halogens is 2. The number of carbonyl (C=O) groups is 1. The first-order valence-corrected chi connectivity index (χ1v) is 6.68. The van der Waals surface area contributed by atoms with Crippen molar-refractivity contribution < 1.29 is 13.9 Å². The number of ether oxygens (including phenoxy) is 1. The molecule has 0 N–H and O–H groups in total. The van der Waals surface area contributed by atoms with Crippen molar-refractivity contribution in [2.75, 3.05) is 20.3 Å². The summed E-state index contributed by atoms with van der Waals surface area (Å²) in [5, 5.41) is 0. The lowest BCUT2D eigenvalue weighted by Gasteiger charge is -2.22. The van der Waals surface area contributed by atoms with Crippen molar-refractivity contribution in [2.24, 2.45) is 0 Å². The van der Waals surface area contributed by atoms with Crippen molar-refractivity contribution in [3.8, 4) is 0 Å². The van der Waals surface area contributed by atoms with Crippen LogP contribution in [0.1, 0.15) is 23.2 Å². The van der Waals surface area contributed by atoms with E-state index in [1.165, 1.54) is 6.07 Å². The molecular weight excluding hydrogens is 301 g/mol. The second-order valence-corrected chi connectivity index (χ2v) is 5.12. The fraction of sp³-hybridized carbons (Fsp3) is 0.462. The van der Waals surface area contributed by atoms with E-state index in [0.29, 0.717) is 18.7 Å². The topological polar surface area (TPSA) is 29.5 Å². The smallest absolute Gasteiger partial charge is 0.255 e. The highest BCUT2D eigenvalue weighted by Gasteiger charge is 2.33. The number of rotatable bonds is 5. The average molecular weight is 316 g/mol. The van der Waals surface area contributed by atoms with Crippen molar-refractivity contribution in [1.29, 1.82) is 0 Å². The highest BCUT2D eigenvalue weighted by molar-refractivity contribution is 9.10. The monoisotopic (exact) mass is 315 g/mol. The van der Waals surface area contributed by atoms with Gasteiger partial charge in [-0.3, -0.25) is 4.79 Å². The summed E-state index contributed by atoms with van der Waals surface area (Å²) in [5.41, 5.74) is 0.373. The van der Waals surface area contributed by atoms with Gasteiger partial charge in [0.15, 0.2) is 0 Å². The predicted molar refractivity (Wildman–Crippen MR) is 70.0 cm³/mol. The van der Waals surface area contributed by atoms with Gasteiger partial charge in [-0.1, -0.05) is 6.07 Å². The Morgan fingerprint density at radius 1 is 1.56 bits per heavy atom. The van der Waals surface area contributed by atoms with E-state index < -0.39 is 5.82 Å². The van der Waals surface area contributed by atoms with Gasteiger partial charge in [0.2, 0.25) is 0 Å². The Balaban J connectivity index is 2.19. The van der Waals surface area contributed by atoms with Gasteiger partial charge in [0.25, 0.3) is 5.91 Å². The minimum absolute atomic E-state index is 0.138. The van der Waals surface area contributed by atoms with Crippen LogP contribution < -0.4 is 0 Å². The van der Waals surface area contributed by atoms with E-state index in [1.807, 2.05) is 0 Å². The first-order chi connectivity index (χ1) is 8.65. The van der Waals surface area contributed by atoms with Gasteiger partial charge in [0.1, 0.15) is 5.82 Å². The summed E-state index contributed by atoms with van der Waals surface area (Å²) in [6.07, 6.45) is 2.03. The standard InChI is InChI=1S/C13H15BrFNO2/c1-18-8-7-16(9-5-6-9)13(17)10-3-2-4-11(15)12(10)14/h2-4,9H,5-8H2,1H3. The lowest BCUT2D eigenvalue weighted by Crippen LogP contribution is -2.36. The van der Waals surface area contributed by atoms with E-state index in [4.69, 9.17) is 4.74 Å². The van der Waals surface area contributed by atoms with Crippen molar-refractivity contribution in [1.82, 2.24) is 4.90 Å². The zero-order valence-electron chi connectivity index (χ0n) is 10.2. The van der Waals surface area contributed by atoms with E-state index in [9.17, 15) is 9.18 Å². The fourth-order valence-corrected chi connectivity index (χ4v) is 2.28. The van der Waals surface area contributed by atoms with E-state index in [1.54, 1.807) is 24.1 Å². The van der Waals surface area contributed by atoms with Crippen LogP contribution in [-0.2, 0) is 4.74 Å². The summed E-state index contributed by atoms with van der Waals surface area (Å²) in [5.74, 6) is -0.552. The Morgan fingerprint density at radius 3 is 2.89 bits per heavy atom. The molecule has 1 aromatic rings. The van der Waals surface area contributed by atoms with Gasteiger partial charge >= 0.3 is 0 Å². The normalized spacial score (nSPS) is 14.6. The Kier molecular flexibility index (Phi) is 4.35. The van der Waals surface area contributed by atoms with Gasteiger partial charge in [-0.05, 0) is 40.9 Å². The second-order valence-electron chi connectivity index (χ2n) is 4.32. The van der Waals surface area contributed by atoms with Gasteiger partial charge in [0, 0.05) is 19.7 Å². The molecule has 2 rings (SSSR count). The number of carbonyl (C=O) groups excluding carboxylic acids is 1. The van der Waals surface area contributed by atoms with Crippen molar-refractivity contribution >= 4 is 21.8 Å². The summed E-state index contributed by atoms with van der Waals surface area (Å²) < 4.78 is 18.7. The molecular formula is C13H15BrFNO2. The molecule has 0 radical (unpaired) electrons. The van der Waals surface area contributed by atoms with Crippen LogP contribution in [-0.4, -0.2) is 37.1 Å². The van der Waals surface area contributed by atoms with E-state index >= 15 is 0 Å². The molecule has 0 unspecified atom stereocenters. The molecule has 1 aliphatic carbocycles. The summed E-state index contributed by atoms with van der Waals surface area (Å²) >= 11 is 3.13. The zero-order chi connectivity index (χ0) is 13.1. The molecule has 0 atom stereocenters. The molecule has 0 saturated heterocycles. The van der Waals surface area contributed by atoms with Crippen molar-refractivity contribution in [3.05, 3.63) is 34.1 Å². The molecule has 0 spiro atoms. The molecule has 0 aromatic heterocycles. The van der Waals surface area contributed by atoms with Gasteiger partial charge < -0.3 is 9.64 Å². The Hall–Kier alpha value is -0.940. The summed E-state index contributed by atoms with van der Waals surface area (Å²) in [6.45, 7) is 1.04. The molecule has 0 heterocycles. The molecule has 0 bridgehead atoms. The maximum atomic E-state index is 13.4. The maximum absolute atomic E-state index is 13.4. The van der Waals surface area contributed by atoms with Crippen molar-refractivity contribution in [2.45, 2.75) is 18.9 Å². The third-order valence-corrected chi connectivity index (χ3v) is 3.77. The fourth-order valence-electron chi connectivity index (χ4n) is 1.85. The number of benzene rings is 1. The summed E-state index contributed by atoms with van der Waals surface area (Å²) in [4.78, 5) is 14.1. The number of methoxy groups -OCH3 is 1. The first-order valence-electron chi connectivity index (χ1n) is 5.89. The highest BCUT2D eigenvalue weighted by atomic mass is 79.9. The van der Waals surface area contributed by atoms with Gasteiger partial charge in [-0.2, -0.15) is 0 Å². The van der Waals surface area contributed by atoms with Crippen LogP contribution in [0.2, 0.25) is 0 Å². The SMILES string of the molecule is COCCN(C(=O)c1cccc(F)c1Br)C1CC1. The average Bonchev–Trinajstić information content (AvgIpc) is 3.17. The maximum Gasteiger partial charge on any atom is 0.255 e. The molecule has 1 amide bonds. The van der Waals surface area contributed by atoms with Crippen LogP contribution in [0.4, 0.5) is 4.39 Å². The Bertz CT molecular complexity index is 449. The second kappa shape index (κ2) is 5.80. The summed E-state index contributed by atoms with van der Waals surface area (Å²) in [7, 11) is 1.60. The third-order valence-electron chi connectivity index (χ3n) is 2.97. The predicted octanol–water partition coefficient (Wildman–Crippen LogP) is 2.84. The Labute approximate surface area is 114 Å². The molecule has 1 aliphatic rings. The third kappa shape index (κ3) is 2.90. The molecule has 3 nitrogen and oxygen atoms in total. The molecule has 1 saturated carbocycles. The molecule has 5 heteroatoms. The van der Waals surface area contributed by atoms with Crippen LogP contribution in [0.15, 0.2) is 22.7 Å². The van der Waals surface area contributed by atoms with Crippen molar-refractivity contribution in [3.63, 3.8) is 0 Å². The highest BCUT2D eigenvalue weighted by Crippen LogP contribution is 2.30. The van der Waals surface area contributed by atoms with Crippen LogP contribution in [0, 0.1) is 5.82 Å². The minimum Gasteiger partial charge on any atom is -0.383 e. The van der Waals surface area contributed by atoms with Gasteiger partial charge in [-0.15, -0.1) is 0 Å². The number of hydrogen-bond donors (Lipinski definition) is 0. The lowest BCUT2D eigenvalue weighted by molar-refractivity contribution is 0.0678. The van der Waals surface area contributed by atoms with Crippen LogP contribution in [0.5, 0.6) is 0 Å². The Morgan fingerprint density at radius 2 is 2.28 bits per heavy atom. The molecule has 1 aromatic carbocycles. The quantitative estimate of drug-likeness (QED) is 0.836. The number of amides is 1. The summed E-state index contributed by atoms with van der Waals surface area (Å²) in [6, 6.07) is 4.80. The number of hydrogen-bond acceptors (Lipinski definition) is 2. The van der Waals surface area contributed by atoms with Crippen LogP contribution in [0.25, 0.3) is 0 Å². The van der Waals surface area contributed by atoms with Crippen LogP contribution in [0.3, 0.4) is 0 Å². The van der Waals surface area contributed by atoms with E-state index in [0.717, 1.165) is 12.8 Å². The van der Waals surface area contributed by atoms with E-state index in [-0.39, 0.29) is 16.4 Å². The number of nitrogens with zero attached hydrogens (tertiary/aromatic N) is 1. The molecule has 0 aliphatic heterocycles. The molecule has 1 fully saturated rings. The van der Waals surface area contributed by atoms with Crippen LogP contribution >= 0.6 is 15.9 Å². The minimum atomic E-state index is -0.414. The van der Waals surface area contributed by atoms with Gasteiger partial charge in [0.05, 0.1) is 16.6 Å². The molecule has 98 valence electrons. The van der Waals surface area contributed by atoms with E-state index in [2.05, 4.69) is 15.9 Å². The first kappa shape index (κ1) is 13.5.